The van der Waals surface area contributed by atoms with Crippen molar-refractivity contribution in [2.45, 2.75) is 231 Å². The van der Waals surface area contributed by atoms with E-state index in [4.69, 9.17) is 0 Å². The number of aliphatic hydroxyl groups is 2. The molecule has 2 unspecified atom stereocenters. The summed E-state index contributed by atoms with van der Waals surface area (Å²) in [6.07, 6.45) is 80.5. The lowest BCUT2D eigenvalue weighted by atomic mass is 10.0. The summed E-state index contributed by atoms with van der Waals surface area (Å²) in [6, 6.07) is -0.663. The smallest absolute Gasteiger partial charge is 0.220 e. The van der Waals surface area contributed by atoms with Crippen LogP contribution in [-0.4, -0.2) is 34.9 Å². The molecular formula is C58H97NO3. The number of hydrogen-bond acceptors (Lipinski definition) is 3. The van der Waals surface area contributed by atoms with E-state index in [1.165, 1.54) is 116 Å². The van der Waals surface area contributed by atoms with Gasteiger partial charge >= 0.3 is 0 Å². The quantitative estimate of drug-likeness (QED) is 0.0422. The fourth-order valence-electron chi connectivity index (χ4n) is 7.06. The van der Waals surface area contributed by atoms with Gasteiger partial charge in [-0.3, -0.25) is 4.79 Å². The summed E-state index contributed by atoms with van der Waals surface area (Å²) in [6.45, 7) is 4.17. The summed E-state index contributed by atoms with van der Waals surface area (Å²) < 4.78 is 0. The van der Waals surface area contributed by atoms with Crippen LogP contribution in [0.3, 0.4) is 0 Å². The molecule has 0 aromatic carbocycles. The van der Waals surface area contributed by atoms with Crippen molar-refractivity contribution in [3.63, 3.8) is 0 Å². The SMILES string of the molecule is CC/C=C\C/C=C\C/C=C\C/C=C\C/C=C\C/C=C\C/C=C\C/C=C\C/C=C\CCCC(=O)NC(CO)C(O)/C=C/CCCCCCCCCCCCCCCCCCCCC. The first-order valence-corrected chi connectivity index (χ1v) is 25.7. The molecule has 0 aliphatic rings. The van der Waals surface area contributed by atoms with Crippen molar-refractivity contribution in [1.29, 1.82) is 0 Å². The lowest BCUT2D eigenvalue weighted by Gasteiger charge is -2.19. The zero-order chi connectivity index (χ0) is 44.9. The van der Waals surface area contributed by atoms with Crippen LogP contribution < -0.4 is 5.32 Å². The second-order valence-electron chi connectivity index (χ2n) is 16.9. The second-order valence-corrected chi connectivity index (χ2v) is 16.9. The molecule has 0 aromatic rings. The third-order valence-electron chi connectivity index (χ3n) is 11.0. The van der Waals surface area contributed by atoms with Crippen LogP contribution in [0.2, 0.25) is 0 Å². The van der Waals surface area contributed by atoms with Crippen LogP contribution in [0.25, 0.3) is 0 Å². The van der Waals surface area contributed by atoms with Crippen molar-refractivity contribution < 1.29 is 15.0 Å². The highest BCUT2D eigenvalue weighted by Gasteiger charge is 2.17. The van der Waals surface area contributed by atoms with Crippen molar-refractivity contribution in [1.82, 2.24) is 5.32 Å². The van der Waals surface area contributed by atoms with Crippen LogP contribution in [0.5, 0.6) is 0 Å². The minimum absolute atomic E-state index is 0.126. The summed E-state index contributed by atoms with van der Waals surface area (Å²) in [5, 5.41) is 23.1. The van der Waals surface area contributed by atoms with Crippen LogP contribution in [0.4, 0.5) is 0 Å². The maximum absolute atomic E-state index is 12.4. The van der Waals surface area contributed by atoms with Gasteiger partial charge < -0.3 is 15.5 Å². The van der Waals surface area contributed by atoms with Crippen molar-refractivity contribution in [2.24, 2.45) is 0 Å². The fraction of sp³-hybridized carbons (Fsp3) is 0.638. The van der Waals surface area contributed by atoms with Crippen molar-refractivity contribution >= 4 is 5.91 Å². The molecule has 4 heteroatoms. The van der Waals surface area contributed by atoms with Gasteiger partial charge in [-0.2, -0.15) is 0 Å². The maximum Gasteiger partial charge on any atom is 0.220 e. The van der Waals surface area contributed by atoms with Gasteiger partial charge in [-0.05, 0) is 83.5 Å². The normalized spacial score (nSPS) is 13.9. The molecule has 3 N–H and O–H groups in total. The van der Waals surface area contributed by atoms with Gasteiger partial charge in [0.15, 0.2) is 0 Å². The summed E-state index contributed by atoms with van der Waals surface area (Å²) in [4.78, 5) is 12.4. The number of carbonyl (C=O) groups excluding carboxylic acids is 1. The molecule has 0 heterocycles. The molecule has 0 rings (SSSR count). The fourth-order valence-corrected chi connectivity index (χ4v) is 7.06. The van der Waals surface area contributed by atoms with Crippen molar-refractivity contribution in [2.75, 3.05) is 6.61 Å². The lowest BCUT2D eigenvalue weighted by Crippen LogP contribution is -2.45. The van der Waals surface area contributed by atoms with E-state index in [1.807, 2.05) is 6.08 Å². The number of rotatable bonds is 45. The maximum atomic E-state index is 12.4. The summed E-state index contributed by atoms with van der Waals surface area (Å²) in [5.41, 5.74) is 0. The molecule has 0 bridgehead atoms. The average Bonchev–Trinajstić information content (AvgIpc) is 3.28. The number of allylic oxidation sites excluding steroid dienone is 19. The number of aliphatic hydroxyl groups excluding tert-OH is 2. The first-order valence-electron chi connectivity index (χ1n) is 25.7. The minimum Gasteiger partial charge on any atom is -0.394 e. The van der Waals surface area contributed by atoms with E-state index in [0.717, 1.165) is 83.5 Å². The van der Waals surface area contributed by atoms with Crippen LogP contribution in [0, 0.1) is 0 Å². The number of unbranched alkanes of at least 4 members (excludes halogenated alkanes) is 20. The predicted molar refractivity (Wildman–Crippen MR) is 276 cm³/mol. The van der Waals surface area contributed by atoms with Crippen LogP contribution in [-0.2, 0) is 4.79 Å². The molecule has 0 aliphatic heterocycles. The molecule has 4 nitrogen and oxygen atoms in total. The molecule has 0 fully saturated rings. The van der Waals surface area contributed by atoms with E-state index in [9.17, 15) is 15.0 Å². The Hall–Kier alpha value is -3.21. The van der Waals surface area contributed by atoms with E-state index in [0.29, 0.717) is 6.42 Å². The van der Waals surface area contributed by atoms with E-state index >= 15 is 0 Å². The van der Waals surface area contributed by atoms with E-state index < -0.39 is 12.1 Å². The average molecular weight is 856 g/mol. The van der Waals surface area contributed by atoms with Crippen LogP contribution in [0.15, 0.2) is 122 Å². The Balaban J connectivity index is 3.73. The van der Waals surface area contributed by atoms with E-state index in [2.05, 4.69) is 129 Å². The highest BCUT2D eigenvalue weighted by atomic mass is 16.3. The highest BCUT2D eigenvalue weighted by Crippen LogP contribution is 2.15. The molecule has 1 amide bonds. The Kier molecular flexibility index (Phi) is 49.4. The van der Waals surface area contributed by atoms with Crippen LogP contribution in [0.1, 0.15) is 219 Å². The number of amides is 1. The predicted octanol–water partition coefficient (Wildman–Crippen LogP) is 16.9. The Morgan fingerprint density at radius 1 is 0.403 bits per heavy atom. The first-order chi connectivity index (χ1) is 30.7. The molecule has 0 radical (unpaired) electrons. The van der Waals surface area contributed by atoms with Gasteiger partial charge in [-0.25, -0.2) is 0 Å². The van der Waals surface area contributed by atoms with Crippen LogP contribution >= 0.6 is 0 Å². The number of carbonyl (C=O) groups is 1. The monoisotopic (exact) mass is 856 g/mol. The zero-order valence-corrected chi connectivity index (χ0v) is 40.3. The lowest BCUT2D eigenvalue weighted by molar-refractivity contribution is -0.122. The van der Waals surface area contributed by atoms with Gasteiger partial charge in [0.05, 0.1) is 18.8 Å². The van der Waals surface area contributed by atoms with E-state index in [1.54, 1.807) is 6.08 Å². The van der Waals surface area contributed by atoms with Gasteiger partial charge in [0, 0.05) is 6.42 Å². The van der Waals surface area contributed by atoms with Gasteiger partial charge in [0.2, 0.25) is 5.91 Å². The summed E-state index contributed by atoms with van der Waals surface area (Å²) in [5.74, 6) is -0.126. The Morgan fingerprint density at radius 3 is 1.05 bits per heavy atom. The Labute approximate surface area is 384 Å². The highest BCUT2D eigenvalue weighted by molar-refractivity contribution is 5.76. The van der Waals surface area contributed by atoms with Crippen molar-refractivity contribution in [3.05, 3.63) is 122 Å². The largest absolute Gasteiger partial charge is 0.394 e. The Morgan fingerprint density at radius 2 is 0.710 bits per heavy atom. The molecule has 352 valence electrons. The standard InChI is InChI=1S/C58H97NO3/c1-3-5-7-9-11-13-15-17-19-21-23-25-26-27-28-29-30-31-32-34-36-38-40-42-44-46-48-50-52-54-58(62)59-56(55-60)57(61)53-51-49-47-45-43-41-39-37-35-33-24-22-20-18-16-14-12-10-8-6-4-2/h5,7,11,13,17,19,23,25,27-28,30-31,34,36,40,42,46,48,51,53,56-57,60-61H,3-4,6,8-10,12,14-16,18,20-22,24,26,29,32-33,35,37-39,41,43-45,47,49-50,52,54-55H2,1-2H3,(H,59,62)/b7-5-,13-11-,19-17-,25-23-,28-27-,31-30-,36-34-,42-40-,48-46-,53-51+. The molecule has 0 saturated carbocycles. The third-order valence-corrected chi connectivity index (χ3v) is 11.0. The van der Waals surface area contributed by atoms with Gasteiger partial charge in [-0.15, -0.1) is 0 Å². The second kappa shape index (κ2) is 52.1. The first kappa shape index (κ1) is 58.8. The van der Waals surface area contributed by atoms with Gasteiger partial charge in [0.25, 0.3) is 0 Å². The zero-order valence-electron chi connectivity index (χ0n) is 40.3. The molecule has 0 aromatic heterocycles. The van der Waals surface area contributed by atoms with Gasteiger partial charge in [0.1, 0.15) is 0 Å². The minimum atomic E-state index is -0.873. The summed E-state index contributed by atoms with van der Waals surface area (Å²) >= 11 is 0. The number of nitrogens with one attached hydrogen (secondary N) is 1. The van der Waals surface area contributed by atoms with Gasteiger partial charge in [-0.1, -0.05) is 251 Å². The Bertz CT molecular complexity index is 1240. The molecule has 0 aliphatic carbocycles. The molecule has 0 spiro atoms. The summed E-state index contributed by atoms with van der Waals surface area (Å²) in [7, 11) is 0. The number of hydrogen-bond donors (Lipinski definition) is 3. The third kappa shape index (κ3) is 47.8. The molecule has 62 heavy (non-hydrogen) atoms. The topological polar surface area (TPSA) is 69.6 Å². The van der Waals surface area contributed by atoms with Crippen molar-refractivity contribution in [3.8, 4) is 0 Å². The molecule has 0 saturated heterocycles. The van der Waals surface area contributed by atoms with E-state index in [-0.39, 0.29) is 12.5 Å². The molecule has 2 atom stereocenters. The molecular weight excluding hydrogens is 759 g/mol.